The molecule has 2 aromatic rings. The number of imidazole rings is 1. The lowest BCUT2D eigenvalue weighted by molar-refractivity contribution is 0.386. The molecule has 1 aliphatic rings. The largest absolute Gasteiger partial charge is 0.342 e. The van der Waals surface area contributed by atoms with Crippen LogP contribution in [-0.2, 0) is 0 Å². The van der Waals surface area contributed by atoms with E-state index in [-0.39, 0.29) is 0 Å². The van der Waals surface area contributed by atoms with Crippen LogP contribution in [0.4, 0.5) is 0 Å². The Morgan fingerprint density at radius 3 is 2.47 bits per heavy atom. The maximum absolute atomic E-state index is 5.95. The number of hydrogen-bond donors (Lipinski definition) is 2. The Hall–Kier alpha value is -1.13. The van der Waals surface area contributed by atoms with Crippen LogP contribution in [0.2, 0.25) is 0 Å². The minimum absolute atomic E-state index is 0.386. The molecule has 1 aromatic heterocycles. The summed E-state index contributed by atoms with van der Waals surface area (Å²) in [7, 11) is 0. The Balaban J connectivity index is 1.77. The first-order chi connectivity index (χ1) is 9.22. The molecule has 0 bridgehead atoms. The summed E-state index contributed by atoms with van der Waals surface area (Å²) >= 11 is 3.45. The zero-order chi connectivity index (χ0) is 13.2. The summed E-state index contributed by atoms with van der Waals surface area (Å²) in [5.74, 6) is 1.66. The van der Waals surface area contributed by atoms with Crippen LogP contribution < -0.4 is 5.73 Å². The number of nitrogens with zero attached hydrogens (tertiary/aromatic N) is 1. The SMILES string of the molecule is NC1CCC(c2ncc(-c3ccc(Br)cc3)[nH]2)CC1. The van der Waals surface area contributed by atoms with Crippen molar-refractivity contribution in [2.45, 2.75) is 37.6 Å². The minimum atomic E-state index is 0.386. The van der Waals surface area contributed by atoms with Gasteiger partial charge in [0.1, 0.15) is 5.82 Å². The Labute approximate surface area is 121 Å². The summed E-state index contributed by atoms with van der Waals surface area (Å²) in [5, 5.41) is 0. The van der Waals surface area contributed by atoms with Crippen molar-refractivity contribution in [3.05, 3.63) is 40.8 Å². The van der Waals surface area contributed by atoms with Gasteiger partial charge in [-0.15, -0.1) is 0 Å². The molecule has 1 heterocycles. The van der Waals surface area contributed by atoms with Crippen molar-refractivity contribution in [1.82, 2.24) is 9.97 Å². The van der Waals surface area contributed by atoms with Crippen molar-refractivity contribution in [1.29, 1.82) is 0 Å². The third-order valence-electron chi connectivity index (χ3n) is 3.91. The van der Waals surface area contributed by atoms with Crippen LogP contribution in [0.15, 0.2) is 34.9 Å². The molecule has 19 heavy (non-hydrogen) atoms. The van der Waals surface area contributed by atoms with E-state index in [0.717, 1.165) is 41.7 Å². The van der Waals surface area contributed by atoms with Gasteiger partial charge in [-0.2, -0.15) is 0 Å². The smallest absolute Gasteiger partial charge is 0.109 e. The minimum Gasteiger partial charge on any atom is -0.342 e. The first-order valence-corrected chi connectivity index (χ1v) is 7.58. The molecule has 1 saturated carbocycles. The van der Waals surface area contributed by atoms with Gasteiger partial charge >= 0.3 is 0 Å². The topological polar surface area (TPSA) is 54.7 Å². The van der Waals surface area contributed by atoms with E-state index in [1.54, 1.807) is 0 Å². The van der Waals surface area contributed by atoms with Crippen LogP contribution in [0, 0.1) is 0 Å². The quantitative estimate of drug-likeness (QED) is 0.884. The van der Waals surface area contributed by atoms with Crippen LogP contribution in [0.25, 0.3) is 11.3 Å². The maximum atomic E-state index is 5.95. The third-order valence-corrected chi connectivity index (χ3v) is 4.44. The molecule has 0 atom stereocenters. The molecule has 0 spiro atoms. The van der Waals surface area contributed by atoms with E-state index < -0.39 is 0 Å². The average Bonchev–Trinajstić information content (AvgIpc) is 2.90. The Morgan fingerprint density at radius 2 is 1.79 bits per heavy atom. The monoisotopic (exact) mass is 319 g/mol. The molecular weight excluding hydrogens is 302 g/mol. The van der Waals surface area contributed by atoms with Gasteiger partial charge < -0.3 is 10.7 Å². The number of hydrogen-bond acceptors (Lipinski definition) is 2. The highest BCUT2D eigenvalue weighted by atomic mass is 79.9. The third kappa shape index (κ3) is 2.90. The second-order valence-electron chi connectivity index (χ2n) is 5.30. The second-order valence-corrected chi connectivity index (χ2v) is 6.22. The Bertz CT molecular complexity index is 539. The van der Waals surface area contributed by atoms with Crippen LogP contribution in [0.1, 0.15) is 37.4 Å². The molecule has 0 aliphatic heterocycles. The van der Waals surface area contributed by atoms with Crippen molar-refractivity contribution in [3.63, 3.8) is 0 Å². The van der Waals surface area contributed by atoms with E-state index in [9.17, 15) is 0 Å². The standard InChI is InChI=1S/C15H18BrN3/c16-12-5-1-10(2-6-12)14-9-18-15(19-14)11-3-7-13(17)8-4-11/h1-2,5-6,9,11,13H,3-4,7-8,17H2,(H,18,19). The number of H-pyrrole nitrogens is 1. The van der Waals surface area contributed by atoms with Crippen molar-refractivity contribution >= 4 is 15.9 Å². The lowest BCUT2D eigenvalue weighted by atomic mass is 9.86. The number of rotatable bonds is 2. The number of aromatic amines is 1. The van der Waals surface area contributed by atoms with Gasteiger partial charge in [0, 0.05) is 16.4 Å². The number of nitrogens with two attached hydrogens (primary N) is 1. The fourth-order valence-corrected chi connectivity index (χ4v) is 2.98. The van der Waals surface area contributed by atoms with Gasteiger partial charge in [-0.25, -0.2) is 4.98 Å². The van der Waals surface area contributed by atoms with E-state index >= 15 is 0 Å². The fraction of sp³-hybridized carbons (Fsp3) is 0.400. The number of halogens is 1. The predicted octanol–water partition coefficient (Wildman–Crippen LogP) is 3.82. The average molecular weight is 320 g/mol. The van der Waals surface area contributed by atoms with E-state index in [1.165, 1.54) is 5.56 Å². The van der Waals surface area contributed by atoms with Gasteiger partial charge in [-0.05, 0) is 43.4 Å². The molecule has 1 aromatic carbocycles. The van der Waals surface area contributed by atoms with Gasteiger partial charge in [0.2, 0.25) is 0 Å². The molecule has 0 unspecified atom stereocenters. The summed E-state index contributed by atoms with van der Waals surface area (Å²) in [6.07, 6.45) is 6.45. The molecule has 100 valence electrons. The predicted molar refractivity (Wildman–Crippen MR) is 80.9 cm³/mol. The molecular formula is C15H18BrN3. The molecule has 0 saturated heterocycles. The zero-order valence-corrected chi connectivity index (χ0v) is 12.4. The lowest BCUT2D eigenvalue weighted by Gasteiger charge is -2.24. The number of benzene rings is 1. The van der Waals surface area contributed by atoms with Crippen molar-refractivity contribution in [2.75, 3.05) is 0 Å². The second kappa shape index (κ2) is 5.47. The van der Waals surface area contributed by atoms with E-state index in [1.807, 2.05) is 6.20 Å². The van der Waals surface area contributed by atoms with Crippen LogP contribution in [-0.4, -0.2) is 16.0 Å². The first-order valence-electron chi connectivity index (χ1n) is 6.79. The first kappa shape index (κ1) is 12.9. The van der Waals surface area contributed by atoms with Crippen LogP contribution in [0.5, 0.6) is 0 Å². The molecule has 4 heteroatoms. The molecule has 3 nitrogen and oxygen atoms in total. The highest BCUT2D eigenvalue weighted by Crippen LogP contribution is 2.31. The van der Waals surface area contributed by atoms with E-state index in [0.29, 0.717) is 12.0 Å². The fourth-order valence-electron chi connectivity index (χ4n) is 2.71. The molecule has 3 N–H and O–H groups in total. The molecule has 1 aliphatic carbocycles. The lowest BCUT2D eigenvalue weighted by Crippen LogP contribution is -2.26. The van der Waals surface area contributed by atoms with Crippen LogP contribution >= 0.6 is 15.9 Å². The van der Waals surface area contributed by atoms with Gasteiger partial charge in [0.15, 0.2) is 0 Å². The summed E-state index contributed by atoms with van der Waals surface area (Å²) in [6, 6.07) is 8.68. The summed E-state index contributed by atoms with van der Waals surface area (Å²) < 4.78 is 1.09. The molecule has 3 rings (SSSR count). The van der Waals surface area contributed by atoms with Crippen molar-refractivity contribution in [3.8, 4) is 11.3 Å². The molecule has 1 fully saturated rings. The van der Waals surface area contributed by atoms with Crippen molar-refractivity contribution in [2.24, 2.45) is 5.73 Å². The highest BCUT2D eigenvalue weighted by Gasteiger charge is 2.22. The number of aromatic nitrogens is 2. The summed E-state index contributed by atoms with van der Waals surface area (Å²) in [6.45, 7) is 0. The molecule has 0 radical (unpaired) electrons. The van der Waals surface area contributed by atoms with Gasteiger partial charge in [0.25, 0.3) is 0 Å². The van der Waals surface area contributed by atoms with E-state index in [4.69, 9.17) is 5.73 Å². The summed E-state index contributed by atoms with van der Waals surface area (Å²) in [5.41, 5.74) is 8.22. The summed E-state index contributed by atoms with van der Waals surface area (Å²) in [4.78, 5) is 8.02. The molecule has 0 amide bonds. The van der Waals surface area contributed by atoms with E-state index in [2.05, 4.69) is 50.2 Å². The normalized spacial score (nSPS) is 23.5. The Kier molecular flexibility index (Phi) is 3.71. The van der Waals surface area contributed by atoms with Crippen molar-refractivity contribution < 1.29 is 0 Å². The highest BCUT2D eigenvalue weighted by molar-refractivity contribution is 9.10. The number of nitrogens with one attached hydrogen (secondary N) is 1. The Morgan fingerprint density at radius 1 is 1.11 bits per heavy atom. The van der Waals surface area contributed by atoms with Crippen LogP contribution in [0.3, 0.4) is 0 Å². The zero-order valence-electron chi connectivity index (χ0n) is 10.8. The van der Waals surface area contributed by atoms with Gasteiger partial charge in [-0.1, -0.05) is 28.1 Å². The van der Waals surface area contributed by atoms with Gasteiger partial charge in [0.05, 0.1) is 11.9 Å². The maximum Gasteiger partial charge on any atom is 0.109 e. The van der Waals surface area contributed by atoms with Gasteiger partial charge in [-0.3, -0.25) is 0 Å².